The molecule has 100 valence electrons. The van der Waals surface area contributed by atoms with Gasteiger partial charge in [-0.05, 0) is 37.9 Å². The summed E-state index contributed by atoms with van der Waals surface area (Å²) in [4.78, 5) is 9.21. The van der Waals surface area contributed by atoms with E-state index >= 15 is 0 Å². The Morgan fingerprint density at radius 2 is 2.11 bits per heavy atom. The third-order valence-electron chi connectivity index (χ3n) is 3.18. The molecule has 1 N–H and O–H groups in total. The number of rotatable bonds is 7. The predicted molar refractivity (Wildman–Crippen MR) is 80.0 cm³/mol. The molecule has 19 heavy (non-hydrogen) atoms. The Morgan fingerprint density at radius 3 is 2.84 bits per heavy atom. The number of nitrogens with one attached hydrogen (secondary N) is 1. The quantitative estimate of drug-likeness (QED) is 0.606. The Kier molecular flexibility index (Phi) is 5.04. The van der Waals surface area contributed by atoms with Gasteiger partial charge in [-0.25, -0.2) is 4.98 Å². The van der Waals surface area contributed by atoms with Crippen LogP contribution in [0.3, 0.4) is 0 Å². The summed E-state index contributed by atoms with van der Waals surface area (Å²) in [5.74, 6) is 0. The average Bonchev–Trinajstić information content (AvgIpc) is 2.46. The van der Waals surface area contributed by atoms with Crippen LogP contribution in [0.15, 0.2) is 43.1 Å². The van der Waals surface area contributed by atoms with E-state index in [1.165, 1.54) is 0 Å². The van der Waals surface area contributed by atoms with Crippen LogP contribution in [0, 0.1) is 0 Å². The Morgan fingerprint density at radius 1 is 1.32 bits per heavy atom. The van der Waals surface area contributed by atoms with Gasteiger partial charge >= 0.3 is 0 Å². The molecule has 1 atom stereocenters. The first-order valence-electron chi connectivity index (χ1n) is 6.91. The van der Waals surface area contributed by atoms with E-state index in [4.69, 9.17) is 4.98 Å². The Hall–Kier alpha value is -1.74. The fourth-order valence-corrected chi connectivity index (χ4v) is 2.21. The molecular weight excluding hydrogens is 234 g/mol. The average molecular weight is 255 g/mol. The van der Waals surface area contributed by atoms with Gasteiger partial charge in [-0.15, -0.1) is 6.58 Å². The molecule has 0 saturated heterocycles. The molecule has 1 unspecified atom stereocenters. The molecule has 0 aliphatic rings. The predicted octanol–water partition coefficient (Wildman–Crippen LogP) is 3.64. The number of unbranched alkanes of at least 4 members (excludes halogenated alkanes) is 1. The summed E-state index contributed by atoms with van der Waals surface area (Å²) in [5, 5.41) is 3.49. The molecule has 3 heteroatoms. The Bertz CT molecular complexity index is 536. The van der Waals surface area contributed by atoms with Crippen LogP contribution in [0.4, 0.5) is 0 Å². The van der Waals surface area contributed by atoms with Gasteiger partial charge in [0.05, 0.1) is 29.0 Å². The van der Waals surface area contributed by atoms with Crippen molar-refractivity contribution in [3.63, 3.8) is 0 Å². The molecule has 0 radical (unpaired) electrons. The molecule has 0 aliphatic heterocycles. The lowest BCUT2D eigenvalue weighted by Crippen LogP contribution is -2.22. The number of aromatic nitrogens is 2. The summed E-state index contributed by atoms with van der Waals surface area (Å²) in [6, 6.07) is 8.27. The summed E-state index contributed by atoms with van der Waals surface area (Å²) < 4.78 is 0. The second kappa shape index (κ2) is 7.00. The van der Waals surface area contributed by atoms with E-state index in [1.807, 2.05) is 36.5 Å². The molecule has 0 amide bonds. The minimum atomic E-state index is 0.280. The van der Waals surface area contributed by atoms with E-state index < -0.39 is 0 Å². The smallest absolute Gasteiger partial charge is 0.0890 e. The molecule has 1 aromatic carbocycles. The molecule has 0 bridgehead atoms. The summed E-state index contributed by atoms with van der Waals surface area (Å²) in [6.45, 7) is 6.83. The second-order valence-electron chi connectivity index (χ2n) is 4.61. The van der Waals surface area contributed by atoms with Gasteiger partial charge in [-0.1, -0.05) is 25.1 Å². The van der Waals surface area contributed by atoms with Crippen molar-refractivity contribution in [2.24, 2.45) is 0 Å². The Balaban J connectivity index is 2.19. The fraction of sp³-hybridized carbons (Fsp3) is 0.375. The lowest BCUT2D eigenvalue weighted by atomic mass is 10.1. The van der Waals surface area contributed by atoms with E-state index in [0.29, 0.717) is 0 Å². The number of hydrogen-bond donors (Lipinski definition) is 1. The number of allylic oxidation sites excluding steroid dienone is 1. The van der Waals surface area contributed by atoms with E-state index in [9.17, 15) is 0 Å². The second-order valence-corrected chi connectivity index (χ2v) is 4.61. The number of hydrogen-bond acceptors (Lipinski definition) is 3. The van der Waals surface area contributed by atoms with Crippen LogP contribution in [0.25, 0.3) is 11.0 Å². The molecule has 2 aromatic rings. The van der Waals surface area contributed by atoms with Crippen LogP contribution in [-0.2, 0) is 0 Å². The molecule has 0 aliphatic carbocycles. The zero-order valence-corrected chi connectivity index (χ0v) is 11.5. The molecule has 2 rings (SSSR count). The number of para-hydroxylation sites is 2. The van der Waals surface area contributed by atoms with Gasteiger partial charge in [0.2, 0.25) is 0 Å². The van der Waals surface area contributed by atoms with Crippen molar-refractivity contribution >= 4 is 11.0 Å². The summed E-state index contributed by atoms with van der Waals surface area (Å²) in [6.07, 6.45) is 7.09. The van der Waals surface area contributed by atoms with Gasteiger partial charge in [0.15, 0.2) is 0 Å². The first-order chi connectivity index (χ1) is 9.35. The van der Waals surface area contributed by atoms with Crippen LogP contribution >= 0.6 is 0 Å². The summed E-state index contributed by atoms with van der Waals surface area (Å²) in [7, 11) is 0. The number of benzene rings is 1. The van der Waals surface area contributed by atoms with Crippen LogP contribution in [0.2, 0.25) is 0 Å². The van der Waals surface area contributed by atoms with Crippen molar-refractivity contribution in [1.29, 1.82) is 0 Å². The molecule has 0 saturated carbocycles. The summed E-state index contributed by atoms with van der Waals surface area (Å²) >= 11 is 0. The van der Waals surface area contributed by atoms with Crippen LogP contribution in [0.1, 0.15) is 37.9 Å². The van der Waals surface area contributed by atoms with Crippen LogP contribution in [0.5, 0.6) is 0 Å². The highest BCUT2D eigenvalue weighted by Gasteiger charge is 2.12. The van der Waals surface area contributed by atoms with Gasteiger partial charge in [-0.3, -0.25) is 4.98 Å². The molecule has 0 spiro atoms. The van der Waals surface area contributed by atoms with E-state index in [-0.39, 0.29) is 6.04 Å². The first-order valence-corrected chi connectivity index (χ1v) is 6.91. The van der Waals surface area contributed by atoms with Gasteiger partial charge in [0.25, 0.3) is 0 Å². The summed E-state index contributed by atoms with van der Waals surface area (Å²) in [5.41, 5.74) is 2.95. The highest BCUT2D eigenvalue weighted by molar-refractivity contribution is 5.73. The van der Waals surface area contributed by atoms with Gasteiger partial charge in [0, 0.05) is 0 Å². The topological polar surface area (TPSA) is 37.8 Å². The molecule has 0 fully saturated rings. The van der Waals surface area contributed by atoms with Crippen LogP contribution < -0.4 is 5.32 Å². The van der Waals surface area contributed by atoms with Crippen molar-refractivity contribution in [2.45, 2.75) is 32.2 Å². The van der Waals surface area contributed by atoms with Crippen molar-refractivity contribution in [3.05, 3.63) is 48.8 Å². The molecular formula is C16H21N3. The minimum Gasteiger partial charge on any atom is -0.309 e. The third-order valence-corrected chi connectivity index (χ3v) is 3.18. The lowest BCUT2D eigenvalue weighted by Gasteiger charge is -2.17. The van der Waals surface area contributed by atoms with Gasteiger partial charge < -0.3 is 5.32 Å². The fourth-order valence-electron chi connectivity index (χ4n) is 2.21. The normalized spacial score (nSPS) is 12.5. The highest BCUT2D eigenvalue weighted by Crippen LogP contribution is 2.19. The van der Waals surface area contributed by atoms with E-state index in [2.05, 4.69) is 23.8 Å². The minimum absolute atomic E-state index is 0.280. The zero-order chi connectivity index (χ0) is 13.5. The van der Waals surface area contributed by atoms with E-state index in [1.54, 1.807) is 0 Å². The first kappa shape index (κ1) is 13.7. The lowest BCUT2D eigenvalue weighted by molar-refractivity contribution is 0.489. The highest BCUT2D eigenvalue weighted by atomic mass is 14.9. The Labute approximate surface area is 114 Å². The van der Waals surface area contributed by atoms with Crippen LogP contribution in [-0.4, -0.2) is 16.5 Å². The third kappa shape index (κ3) is 3.61. The molecule has 3 nitrogen and oxygen atoms in total. The van der Waals surface area contributed by atoms with Gasteiger partial charge in [0.1, 0.15) is 0 Å². The zero-order valence-electron chi connectivity index (χ0n) is 11.5. The van der Waals surface area contributed by atoms with Gasteiger partial charge in [-0.2, -0.15) is 0 Å². The number of nitrogens with zero attached hydrogens (tertiary/aromatic N) is 2. The van der Waals surface area contributed by atoms with Crippen molar-refractivity contribution in [2.75, 3.05) is 6.54 Å². The van der Waals surface area contributed by atoms with Crippen molar-refractivity contribution in [3.8, 4) is 0 Å². The van der Waals surface area contributed by atoms with E-state index in [0.717, 1.165) is 42.5 Å². The van der Waals surface area contributed by atoms with Crippen molar-refractivity contribution in [1.82, 2.24) is 15.3 Å². The maximum Gasteiger partial charge on any atom is 0.0890 e. The number of fused-ring (bicyclic) bond motifs is 1. The standard InChI is InChI=1S/C16H21N3/c1-3-5-6-9-14(17-4-2)16-12-18-13-10-7-8-11-15(13)19-16/h3,7-8,10-12,14,17H,1,4-6,9H2,2H3. The molecule has 1 heterocycles. The largest absolute Gasteiger partial charge is 0.309 e. The SMILES string of the molecule is C=CCCCC(NCC)c1cnc2ccccc2n1. The van der Waals surface area contributed by atoms with Crippen molar-refractivity contribution < 1.29 is 0 Å². The maximum absolute atomic E-state index is 4.72. The molecule has 1 aromatic heterocycles. The monoisotopic (exact) mass is 255 g/mol. The maximum atomic E-state index is 4.72.